The van der Waals surface area contributed by atoms with Crippen LogP contribution in [0.2, 0.25) is 0 Å². The Morgan fingerprint density at radius 1 is 0.276 bits per heavy atom. The van der Waals surface area contributed by atoms with Gasteiger partial charge in [0.05, 0.1) is 0 Å². The lowest BCUT2D eigenvalue weighted by Crippen LogP contribution is -2.30. The average Bonchev–Trinajstić information content (AvgIpc) is 3.42. The number of ether oxygens (including phenoxy) is 3. The maximum Gasteiger partial charge on any atom is 0.306 e. The molecular weight excluding hydrogens is 937 g/mol. The van der Waals surface area contributed by atoms with Gasteiger partial charge in [-0.1, -0.05) is 258 Å². The van der Waals surface area contributed by atoms with Gasteiger partial charge in [0.2, 0.25) is 0 Å². The summed E-state index contributed by atoms with van der Waals surface area (Å²) in [4.78, 5) is 38.1. The molecule has 0 aromatic rings. The molecule has 0 amide bonds. The second-order valence-electron chi connectivity index (χ2n) is 20.6. The van der Waals surface area contributed by atoms with E-state index in [-0.39, 0.29) is 31.1 Å². The monoisotopic (exact) mass is 1050 g/mol. The maximum absolute atomic E-state index is 12.8. The minimum absolute atomic E-state index is 0.0890. The Morgan fingerprint density at radius 2 is 0.539 bits per heavy atom. The second kappa shape index (κ2) is 63.3. The van der Waals surface area contributed by atoms with Crippen LogP contribution >= 0.6 is 0 Å². The van der Waals surface area contributed by atoms with Crippen LogP contribution in [0.15, 0.2) is 122 Å². The summed E-state index contributed by atoms with van der Waals surface area (Å²) in [6.07, 6.45) is 87.8. The lowest BCUT2D eigenvalue weighted by molar-refractivity contribution is -0.167. The highest BCUT2D eigenvalue weighted by atomic mass is 16.6. The lowest BCUT2D eigenvalue weighted by Gasteiger charge is -2.18. The molecule has 0 bridgehead atoms. The third kappa shape index (κ3) is 60.7. The fraction of sp³-hybridized carbons (Fsp3) is 0.671. The Labute approximate surface area is 469 Å². The third-order valence-electron chi connectivity index (χ3n) is 13.2. The van der Waals surface area contributed by atoms with E-state index in [4.69, 9.17) is 14.2 Å². The van der Waals surface area contributed by atoms with Gasteiger partial charge in [-0.25, -0.2) is 0 Å². The van der Waals surface area contributed by atoms with Gasteiger partial charge in [-0.15, -0.1) is 0 Å². The Hall–Kier alpha value is -4.19. The molecule has 0 fully saturated rings. The second-order valence-corrected chi connectivity index (χ2v) is 20.6. The van der Waals surface area contributed by atoms with E-state index in [9.17, 15) is 14.4 Å². The van der Waals surface area contributed by atoms with Crippen LogP contribution in [0.3, 0.4) is 0 Å². The van der Waals surface area contributed by atoms with E-state index in [0.29, 0.717) is 19.3 Å². The van der Waals surface area contributed by atoms with Crippen LogP contribution in [0.25, 0.3) is 0 Å². The summed E-state index contributed by atoms with van der Waals surface area (Å²) < 4.78 is 16.8. The molecule has 6 heteroatoms. The molecule has 0 aromatic heterocycles. The van der Waals surface area contributed by atoms with E-state index in [1.165, 1.54) is 96.3 Å². The summed E-state index contributed by atoms with van der Waals surface area (Å²) in [6, 6.07) is 0. The number of allylic oxidation sites excluding steroid dienone is 20. The molecule has 0 saturated carbocycles. The van der Waals surface area contributed by atoms with Gasteiger partial charge >= 0.3 is 17.9 Å². The van der Waals surface area contributed by atoms with Crippen molar-refractivity contribution >= 4 is 17.9 Å². The van der Waals surface area contributed by atoms with E-state index in [1.54, 1.807) is 0 Å². The first-order valence-corrected chi connectivity index (χ1v) is 31.5. The number of unbranched alkanes of at least 4 members (excludes halogenated alkanes) is 25. The van der Waals surface area contributed by atoms with E-state index in [1.807, 2.05) is 0 Å². The molecule has 0 rings (SSSR count). The Balaban J connectivity index is 4.22. The molecule has 0 aliphatic carbocycles. The molecule has 0 saturated heterocycles. The highest BCUT2D eigenvalue weighted by Crippen LogP contribution is 2.15. The van der Waals surface area contributed by atoms with Gasteiger partial charge in [-0.3, -0.25) is 14.4 Å². The van der Waals surface area contributed by atoms with Gasteiger partial charge in [0, 0.05) is 19.3 Å². The fourth-order valence-corrected chi connectivity index (χ4v) is 8.46. The zero-order valence-electron chi connectivity index (χ0n) is 49.5. The predicted molar refractivity (Wildman–Crippen MR) is 330 cm³/mol. The quantitative estimate of drug-likeness (QED) is 0.0261. The van der Waals surface area contributed by atoms with Crippen LogP contribution in [-0.2, 0) is 28.6 Å². The number of carbonyl (C=O) groups excluding carboxylic acids is 3. The molecule has 0 aliphatic heterocycles. The maximum atomic E-state index is 12.8. The van der Waals surface area contributed by atoms with Crippen LogP contribution in [-0.4, -0.2) is 37.2 Å². The minimum atomic E-state index is -0.791. The minimum Gasteiger partial charge on any atom is -0.462 e. The summed E-state index contributed by atoms with van der Waals surface area (Å²) in [5, 5.41) is 0. The third-order valence-corrected chi connectivity index (χ3v) is 13.2. The van der Waals surface area contributed by atoms with Gasteiger partial charge in [-0.2, -0.15) is 0 Å². The topological polar surface area (TPSA) is 78.9 Å². The lowest BCUT2D eigenvalue weighted by atomic mass is 10.1. The highest BCUT2D eigenvalue weighted by Gasteiger charge is 2.19. The molecule has 6 nitrogen and oxygen atoms in total. The van der Waals surface area contributed by atoms with Crippen molar-refractivity contribution in [3.8, 4) is 0 Å². The van der Waals surface area contributed by atoms with E-state index < -0.39 is 6.10 Å². The van der Waals surface area contributed by atoms with Crippen molar-refractivity contribution in [1.29, 1.82) is 0 Å². The van der Waals surface area contributed by atoms with Crippen molar-refractivity contribution in [1.82, 2.24) is 0 Å². The largest absolute Gasteiger partial charge is 0.462 e. The number of esters is 3. The molecule has 0 spiro atoms. The summed E-state index contributed by atoms with van der Waals surface area (Å²) in [6.45, 7) is 6.44. The van der Waals surface area contributed by atoms with Crippen molar-refractivity contribution in [3.63, 3.8) is 0 Å². The molecule has 0 aliphatic rings. The van der Waals surface area contributed by atoms with Crippen molar-refractivity contribution in [2.24, 2.45) is 0 Å². The molecule has 76 heavy (non-hydrogen) atoms. The number of hydrogen-bond acceptors (Lipinski definition) is 6. The molecule has 0 N–H and O–H groups in total. The van der Waals surface area contributed by atoms with Gasteiger partial charge < -0.3 is 14.2 Å². The first kappa shape index (κ1) is 71.8. The normalized spacial score (nSPS) is 12.9. The van der Waals surface area contributed by atoms with Crippen molar-refractivity contribution in [2.45, 2.75) is 290 Å². The first-order valence-electron chi connectivity index (χ1n) is 31.5. The van der Waals surface area contributed by atoms with Crippen LogP contribution < -0.4 is 0 Å². The zero-order chi connectivity index (χ0) is 55.0. The molecular formula is C70H116O6. The van der Waals surface area contributed by atoms with Crippen molar-refractivity contribution in [3.05, 3.63) is 122 Å². The highest BCUT2D eigenvalue weighted by molar-refractivity contribution is 5.71. The molecule has 0 aromatic carbocycles. The predicted octanol–water partition coefficient (Wildman–Crippen LogP) is 21.6. The molecule has 0 heterocycles. The summed E-state index contributed by atoms with van der Waals surface area (Å²) in [7, 11) is 0. The SMILES string of the molecule is CC/C=C\C/C=C\C/C=C\C/C=C\C/C=C\C/C=C\C/C=C\C/C=C\CCCCCCCCCCC(=O)OCC(COC(=O)CCCCCCC/C=C\CCC)OC(=O)CCCCCCC/C=C\CCCCCCCC. The average molecular weight is 1050 g/mol. The molecule has 0 radical (unpaired) electrons. The number of carbonyl (C=O) groups is 3. The van der Waals surface area contributed by atoms with Crippen molar-refractivity contribution < 1.29 is 28.6 Å². The molecule has 432 valence electrons. The van der Waals surface area contributed by atoms with Crippen LogP contribution in [0.5, 0.6) is 0 Å². The molecule has 1 unspecified atom stereocenters. The van der Waals surface area contributed by atoms with Crippen molar-refractivity contribution in [2.75, 3.05) is 13.2 Å². The summed E-state index contributed by atoms with van der Waals surface area (Å²) in [5.41, 5.74) is 0. The van der Waals surface area contributed by atoms with Crippen LogP contribution in [0, 0.1) is 0 Å². The Bertz CT molecular complexity index is 1590. The van der Waals surface area contributed by atoms with E-state index in [0.717, 1.165) is 148 Å². The smallest absolute Gasteiger partial charge is 0.306 e. The standard InChI is InChI=1S/C70H116O6/c1-4-7-10-13-16-19-22-24-26-27-28-29-30-31-32-33-34-35-36-37-38-39-40-41-42-43-45-46-48-51-54-57-60-63-69(72)75-66-67(65-74-68(71)62-59-56-53-50-21-18-15-12-9-6-3)76-70(73)64-61-58-55-52-49-47-44-25-23-20-17-14-11-8-5-2/h7,10,12,15-16,19,24-26,28-29,31-32,34-35,37-38,40-41,44,67H,4-6,8-9,11,13-14,17-18,20-23,27,30,33,36,39,42-43,45-66H2,1-3H3/b10-7-,15-12-,19-16-,26-24-,29-28-,32-31-,35-34-,38-37-,41-40-,44-25-. The van der Waals surface area contributed by atoms with Crippen LogP contribution in [0.1, 0.15) is 284 Å². The fourth-order valence-electron chi connectivity index (χ4n) is 8.46. The number of hydrogen-bond donors (Lipinski definition) is 0. The summed E-state index contributed by atoms with van der Waals surface area (Å²) >= 11 is 0. The molecule has 1 atom stereocenters. The van der Waals surface area contributed by atoms with E-state index >= 15 is 0 Å². The summed E-state index contributed by atoms with van der Waals surface area (Å²) in [5.74, 6) is -0.914. The Morgan fingerprint density at radius 3 is 0.868 bits per heavy atom. The van der Waals surface area contributed by atoms with Gasteiger partial charge in [0.1, 0.15) is 13.2 Å². The number of rotatable bonds is 56. The zero-order valence-corrected chi connectivity index (χ0v) is 49.5. The van der Waals surface area contributed by atoms with E-state index in [2.05, 4.69) is 142 Å². The van der Waals surface area contributed by atoms with Gasteiger partial charge in [0.15, 0.2) is 6.10 Å². The Kier molecular flexibility index (Phi) is 59.9. The first-order chi connectivity index (χ1) is 37.5. The van der Waals surface area contributed by atoms with Gasteiger partial charge in [-0.05, 0) is 128 Å². The van der Waals surface area contributed by atoms with Crippen LogP contribution in [0.4, 0.5) is 0 Å². The van der Waals surface area contributed by atoms with Gasteiger partial charge in [0.25, 0.3) is 0 Å².